The van der Waals surface area contributed by atoms with E-state index in [2.05, 4.69) is 5.32 Å². The molecule has 1 rings (SSSR count). The van der Waals surface area contributed by atoms with E-state index in [4.69, 9.17) is 10.5 Å². The van der Waals surface area contributed by atoms with E-state index in [0.717, 1.165) is 0 Å². The Kier molecular flexibility index (Phi) is 3.47. The van der Waals surface area contributed by atoms with Gasteiger partial charge in [0.2, 0.25) is 5.91 Å². The third-order valence-corrected chi connectivity index (χ3v) is 2.37. The highest BCUT2D eigenvalue weighted by Gasteiger charge is 2.13. The van der Waals surface area contributed by atoms with Crippen LogP contribution in [0, 0.1) is 0 Å². The second-order valence-corrected chi connectivity index (χ2v) is 3.38. The molecule has 0 saturated heterocycles. The summed E-state index contributed by atoms with van der Waals surface area (Å²) in [4.78, 5) is 22.2. The number of primary amides is 1. The highest BCUT2D eigenvalue weighted by Crippen LogP contribution is 2.23. The van der Waals surface area contributed by atoms with Gasteiger partial charge in [-0.2, -0.15) is 0 Å². The molecule has 0 radical (unpaired) electrons. The van der Waals surface area contributed by atoms with Gasteiger partial charge >= 0.3 is 0 Å². The molecule has 1 aromatic heterocycles. The molecule has 76 valence electrons. The van der Waals surface area contributed by atoms with E-state index >= 15 is 0 Å². The fraction of sp³-hybridized carbons (Fsp3) is 0.250. The standard InChI is InChI=1S/C8H10N2O3S/c1-13-5-2-3-14-7(5)8(12)10-4-6(9)11/h2-3H,4H2,1H3,(H2,9,11)(H,10,12). The van der Waals surface area contributed by atoms with Gasteiger partial charge < -0.3 is 15.8 Å². The Morgan fingerprint density at radius 3 is 2.93 bits per heavy atom. The number of nitrogens with two attached hydrogens (primary N) is 1. The van der Waals surface area contributed by atoms with Crippen LogP contribution in [0.25, 0.3) is 0 Å². The molecule has 14 heavy (non-hydrogen) atoms. The molecular formula is C8H10N2O3S. The molecular weight excluding hydrogens is 204 g/mol. The first-order chi connectivity index (χ1) is 6.65. The van der Waals surface area contributed by atoms with Gasteiger partial charge in [-0.05, 0) is 11.4 Å². The Hall–Kier alpha value is -1.56. The number of nitrogens with one attached hydrogen (secondary N) is 1. The van der Waals surface area contributed by atoms with E-state index in [0.29, 0.717) is 10.6 Å². The van der Waals surface area contributed by atoms with Gasteiger partial charge in [0.05, 0.1) is 13.7 Å². The van der Waals surface area contributed by atoms with Gasteiger partial charge in [0.1, 0.15) is 10.6 Å². The van der Waals surface area contributed by atoms with Crippen LogP contribution in [-0.4, -0.2) is 25.5 Å². The molecule has 1 heterocycles. The zero-order valence-corrected chi connectivity index (χ0v) is 8.39. The molecule has 5 nitrogen and oxygen atoms in total. The van der Waals surface area contributed by atoms with Crippen molar-refractivity contribution in [3.63, 3.8) is 0 Å². The minimum Gasteiger partial charge on any atom is -0.495 e. The lowest BCUT2D eigenvalue weighted by Crippen LogP contribution is -2.32. The van der Waals surface area contributed by atoms with Gasteiger partial charge in [-0.15, -0.1) is 11.3 Å². The van der Waals surface area contributed by atoms with Crippen molar-refractivity contribution in [1.82, 2.24) is 5.32 Å². The van der Waals surface area contributed by atoms with Crippen LogP contribution >= 0.6 is 11.3 Å². The van der Waals surface area contributed by atoms with Crippen molar-refractivity contribution in [2.24, 2.45) is 5.73 Å². The maximum atomic E-state index is 11.4. The van der Waals surface area contributed by atoms with E-state index in [1.807, 2.05) is 0 Å². The summed E-state index contributed by atoms with van der Waals surface area (Å²) in [5.41, 5.74) is 4.88. The minimum atomic E-state index is -0.575. The molecule has 3 N–H and O–H groups in total. The number of methoxy groups -OCH3 is 1. The van der Waals surface area contributed by atoms with Crippen LogP contribution in [0.3, 0.4) is 0 Å². The Bertz CT molecular complexity index is 348. The second kappa shape index (κ2) is 4.61. The van der Waals surface area contributed by atoms with Crippen LogP contribution in [0.2, 0.25) is 0 Å². The SMILES string of the molecule is COc1ccsc1C(=O)NCC(N)=O. The predicted molar refractivity (Wildman–Crippen MR) is 52.4 cm³/mol. The fourth-order valence-corrected chi connectivity index (χ4v) is 1.65. The molecule has 0 unspecified atom stereocenters. The Morgan fingerprint density at radius 2 is 2.36 bits per heavy atom. The molecule has 0 fully saturated rings. The number of rotatable bonds is 4. The number of thiophene rings is 1. The molecule has 0 aliphatic heterocycles. The van der Waals surface area contributed by atoms with Crippen molar-refractivity contribution in [3.05, 3.63) is 16.3 Å². The van der Waals surface area contributed by atoms with Gasteiger partial charge in [0, 0.05) is 0 Å². The van der Waals surface area contributed by atoms with E-state index in [9.17, 15) is 9.59 Å². The Labute approximate surface area is 84.9 Å². The summed E-state index contributed by atoms with van der Waals surface area (Å²) in [5.74, 6) is -0.429. The number of carbonyl (C=O) groups excluding carboxylic acids is 2. The Balaban J connectivity index is 2.64. The van der Waals surface area contributed by atoms with Crippen LogP contribution in [0.15, 0.2) is 11.4 Å². The third-order valence-electron chi connectivity index (χ3n) is 1.48. The number of amides is 2. The van der Waals surface area contributed by atoms with E-state index in [-0.39, 0.29) is 12.5 Å². The smallest absolute Gasteiger partial charge is 0.265 e. The molecule has 0 spiro atoms. The maximum absolute atomic E-state index is 11.4. The molecule has 1 aromatic rings. The van der Waals surface area contributed by atoms with Crippen molar-refractivity contribution in [2.75, 3.05) is 13.7 Å². The average Bonchev–Trinajstić information content (AvgIpc) is 2.61. The average molecular weight is 214 g/mol. The molecule has 0 atom stereocenters. The first-order valence-electron chi connectivity index (χ1n) is 3.83. The molecule has 0 bridgehead atoms. The Morgan fingerprint density at radius 1 is 1.64 bits per heavy atom. The second-order valence-electron chi connectivity index (χ2n) is 2.47. The van der Waals surface area contributed by atoms with Gasteiger partial charge in [0.25, 0.3) is 5.91 Å². The first kappa shape index (κ1) is 10.5. The molecule has 6 heteroatoms. The van der Waals surface area contributed by atoms with Crippen LogP contribution in [0.5, 0.6) is 5.75 Å². The van der Waals surface area contributed by atoms with Crippen molar-refractivity contribution in [3.8, 4) is 5.75 Å². The van der Waals surface area contributed by atoms with E-state index in [1.165, 1.54) is 18.4 Å². The van der Waals surface area contributed by atoms with E-state index in [1.54, 1.807) is 11.4 Å². The lowest BCUT2D eigenvalue weighted by Gasteiger charge is -2.02. The van der Waals surface area contributed by atoms with Crippen LogP contribution < -0.4 is 15.8 Å². The van der Waals surface area contributed by atoms with Gasteiger partial charge in [-0.1, -0.05) is 0 Å². The topological polar surface area (TPSA) is 81.4 Å². The van der Waals surface area contributed by atoms with Crippen LogP contribution in [-0.2, 0) is 4.79 Å². The number of hydrogen-bond acceptors (Lipinski definition) is 4. The third kappa shape index (κ3) is 2.46. The van der Waals surface area contributed by atoms with Crippen molar-refractivity contribution < 1.29 is 14.3 Å². The zero-order chi connectivity index (χ0) is 10.6. The summed E-state index contributed by atoms with van der Waals surface area (Å²) in [5, 5.41) is 4.11. The normalized spacial score (nSPS) is 9.50. The summed E-state index contributed by atoms with van der Waals surface area (Å²) in [6, 6.07) is 1.68. The van der Waals surface area contributed by atoms with Crippen LogP contribution in [0.4, 0.5) is 0 Å². The van der Waals surface area contributed by atoms with Gasteiger partial charge in [0.15, 0.2) is 0 Å². The highest BCUT2D eigenvalue weighted by molar-refractivity contribution is 7.12. The van der Waals surface area contributed by atoms with E-state index < -0.39 is 5.91 Å². The minimum absolute atomic E-state index is 0.167. The monoisotopic (exact) mass is 214 g/mol. The zero-order valence-electron chi connectivity index (χ0n) is 7.57. The number of hydrogen-bond donors (Lipinski definition) is 2. The van der Waals surface area contributed by atoms with Crippen molar-refractivity contribution in [2.45, 2.75) is 0 Å². The molecule has 0 aromatic carbocycles. The van der Waals surface area contributed by atoms with Crippen molar-refractivity contribution in [1.29, 1.82) is 0 Å². The first-order valence-corrected chi connectivity index (χ1v) is 4.71. The van der Waals surface area contributed by atoms with Crippen LogP contribution in [0.1, 0.15) is 9.67 Å². The maximum Gasteiger partial charge on any atom is 0.265 e. The number of ether oxygens (including phenoxy) is 1. The molecule has 0 aliphatic carbocycles. The quantitative estimate of drug-likeness (QED) is 0.738. The fourth-order valence-electron chi connectivity index (χ4n) is 0.871. The van der Waals surface area contributed by atoms with Crippen molar-refractivity contribution >= 4 is 23.2 Å². The summed E-state index contributed by atoms with van der Waals surface area (Å²) in [7, 11) is 1.48. The van der Waals surface area contributed by atoms with Gasteiger partial charge in [-0.3, -0.25) is 9.59 Å². The lowest BCUT2D eigenvalue weighted by atomic mass is 10.4. The number of carbonyl (C=O) groups is 2. The van der Waals surface area contributed by atoms with Gasteiger partial charge in [-0.25, -0.2) is 0 Å². The predicted octanol–water partition coefficient (Wildman–Crippen LogP) is -0.0282. The largest absolute Gasteiger partial charge is 0.495 e. The summed E-state index contributed by atoms with van der Waals surface area (Å²) in [6.07, 6.45) is 0. The molecule has 0 saturated carbocycles. The molecule has 2 amide bonds. The summed E-state index contributed by atoms with van der Waals surface area (Å²) in [6.45, 7) is -0.167. The highest BCUT2D eigenvalue weighted by atomic mass is 32.1. The summed E-state index contributed by atoms with van der Waals surface area (Å²) >= 11 is 1.24. The summed E-state index contributed by atoms with van der Waals surface area (Å²) < 4.78 is 4.95. The molecule has 0 aliphatic rings. The lowest BCUT2D eigenvalue weighted by molar-refractivity contribution is -0.117.